The van der Waals surface area contributed by atoms with Crippen molar-refractivity contribution in [1.29, 1.82) is 0 Å². The molecule has 0 fully saturated rings. The van der Waals surface area contributed by atoms with Crippen LogP contribution in [-0.2, 0) is 6.42 Å². The largest absolute Gasteiger partial charge is 0.477 e. The zero-order valence-corrected chi connectivity index (χ0v) is 15.2. The summed E-state index contributed by atoms with van der Waals surface area (Å²) in [7, 11) is 0. The quantitative estimate of drug-likeness (QED) is 0.675. The van der Waals surface area contributed by atoms with Gasteiger partial charge >= 0.3 is 5.97 Å². The summed E-state index contributed by atoms with van der Waals surface area (Å²) < 4.78 is 0. The minimum atomic E-state index is -0.876. The standard InChI is InChI=1S/C19H20O2S2/c1-12(2)17(22)11-14-4-6-15(7-5-14)13(3)10-16-8-9-18(23-16)19(20)21/h4-10,22H,11H2,1-3H3,(H,20,21). The second-order valence-corrected chi connectivity index (χ2v) is 7.31. The summed E-state index contributed by atoms with van der Waals surface area (Å²) in [5, 5.41) is 8.97. The van der Waals surface area contributed by atoms with Crippen LogP contribution in [0.2, 0.25) is 0 Å². The monoisotopic (exact) mass is 344 g/mol. The summed E-state index contributed by atoms with van der Waals surface area (Å²) >= 11 is 5.80. The fourth-order valence-corrected chi connectivity index (χ4v) is 3.13. The first-order chi connectivity index (χ1) is 10.9. The van der Waals surface area contributed by atoms with Gasteiger partial charge < -0.3 is 5.11 Å². The van der Waals surface area contributed by atoms with Gasteiger partial charge in [0.1, 0.15) is 4.88 Å². The maximum absolute atomic E-state index is 10.9. The number of benzene rings is 1. The molecule has 1 N–H and O–H groups in total. The minimum Gasteiger partial charge on any atom is -0.477 e. The lowest BCUT2D eigenvalue weighted by Crippen LogP contribution is -1.89. The van der Waals surface area contributed by atoms with Gasteiger partial charge in [0.2, 0.25) is 0 Å². The van der Waals surface area contributed by atoms with E-state index in [2.05, 4.69) is 50.7 Å². The van der Waals surface area contributed by atoms with Gasteiger partial charge in [0.25, 0.3) is 0 Å². The summed E-state index contributed by atoms with van der Waals surface area (Å²) in [5.41, 5.74) is 4.72. The predicted octanol–water partition coefficient (Wildman–Crippen LogP) is 5.77. The average Bonchev–Trinajstić information content (AvgIpc) is 2.96. The normalized spacial score (nSPS) is 11.4. The first kappa shape index (κ1) is 17.6. The van der Waals surface area contributed by atoms with Crippen molar-refractivity contribution in [2.75, 3.05) is 0 Å². The fourth-order valence-electron chi connectivity index (χ4n) is 2.10. The molecule has 1 aromatic carbocycles. The summed E-state index contributed by atoms with van der Waals surface area (Å²) in [6.07, 6.45) is 2.87. The van der Waals surface area contributed by atoms with Gasteiger partial charge in [0.05, 0.1) is 0 Å². The Morgan fingerprint density at radius 2 is 1.78 bits per heavy atom. The van der Waals surface area contributed by atoms with E-state index in [1.54, 1.807) is 6.07 Å². The second-order valence-electron chi connectivity index (χ2n) is 5.65. The zero-order chi connectivity index (χ0) is 17.0. The highest BCUT2D eigenvalue weighted by Crippen LogP contribution is 2.24. The number of carboxylic acid groups (broad SMARTS) is 1. The molecule has 4 heteroatoms. The van der Waals surface area contributed by atoms with Crippen molar-refractivity contribution in [1.82, 2.24) is 0 Å². The Bertz CT molecular complexity index is 761. The number of thiol groups is 1. The van der Waals surface area contributed by atoms with Crippen molar-refractivity contribution in [3.05, 3.63) is 67.8 Å². The number of aromatic carboxylic acids is 1. The Morgan fingerprint density at radius 3 is 2.30 bits per heavy atom. The third-order valence-corrected chi connectivity index (χ3v) is 5.18. The van der Waals surface area contributed by atoms with E-state index in [-0.39, 0.29) is 0 Å². The maximum atomic E-state index is 10.9. The molecule has 2 rings (SSSR count). The predicted molar refractivity (Wildman–Crippen MR) is 102 cm³/mol. The van der Waals surface area contributed by atoms with Crippen LogP contribution in [0.3, 0.4) is 0 Å². The van der Waals surface area contributed by atoms with Gasteiger partial charge in [0, 0.05) is 11.3 Å². The van der Waals surface area contributed by atoms with Crippen LogP contribution in [-0.4, -0.2) is 11.1 Å². The van der Waals surface area contributed by atoms with E-state index in [4.69, 9.17) is 5.11 Å². The molecule has 0 radical (unpaired) electrons. The third kappa shape index (κ3) is 4.85. The van der Waals surface area contributed by atoms with Crippen LogP contribution in [0.1, 0.15) is 46.4 Å². The highest BCUT2D eigenvalue weighted by molar-refractivity contribution is 7.84. The molecule has 0 aliphatic rings. The van der Waals surface area contributed by atoms with E-state index >= 15 is 0 Å². The highest BCUT2D eigenvalue weighted by atomic mass is 32.1. The zero-order valence-electron chi connectivity index (χ0n) is 13.5. The molecule has 23 heavy (non-hydrogen) atoms. The first-order valence-electron chi connectivity index (χ1n) is 7.33. The molecule has 120 valence electrons. The Morgan fingerprint density at radius 1 is 1.13 bits per heavy atom. The van der Waals surface area contributed by atoms with E-state index in [1.807, 2.05) is 19.1 Å². The van der Waals surface area contributed by atoms with Crippen molar-refractivity contribution in [2.24, 2.45) is 0 Å². The highest BCUT2D eigenvalue weighted by Gasteiger charge is 2.06. The molecule has 0 spiro atoms. The van der Waals surface area contributed by atoms with E-state index in [1.165, 1.54) is 22.5 Å². The molecule has 0 amide bonds. The molecule has 0 atom stereocenters. The maximum Gasteiger partial charge on any atom is 0.345 e. The Balaban J connectivity index is 2.16. The molecule has 0 aliphatic carbocycles. The second kappa shape index (κ2) is 7.66. The molecule has 2 aromatic rings. The van der Waals surface area contributed by atoms with Crippen LogP contribution >= 0.6 is 24.0 Å². The first-order valence-corrected chi connectivity index (χ1v) is 8.59. The van der Waals surface area contributed by atoms with Gasteiger partial charge in [-0.25, -0.2) is 4.79 Å². The number of thiophene rings is 1. The molecule has 2 nitrogen and oxygen atoms in total. The number of carbonyl (C=O) groups is 1. The number of hydrogen-bond acceptors (Lipinski definition) is 3. The van der Waals surface area contributed by atoms with Gasteiger partial charge in [-0.2, -0.15) is 0 Å². The van der Waals surface area contributed by atoms with Crippen molar-refractivity contribution in [2.45, 2.75) is 27.2 Å². The molecule has 0 saturated carbocycles. The molecule has 0 saturated heterocycles. The van der Waals surface area contributed by atoms with Crippen LogP contribution < -0.4 is 0 Å². The van der Waals surface area contributed by atoms with Gasteiger partial charge in [-0.3, -0.25) is 0 Å². The van der Waals surface area contributed by atoms with Crippen molar-refractivity contribution in [3.8, 4) is 0 Å². The van der Waals surface area contributed by atoms with Crippen LogP contribution in [0.15, 0.2) is 46.9 Å². The Hall–Kier alpha value is -1.78. The van der Waals surface area contributed by atoms with E-state index < -0.39 is 5.97 Å². The van der Waals surface area contributed by atoms with Crippen molar-refractivity contribution >= 4 is 41.6 Å². The fraction of sp³-hybridized carbons (Fsp3) is 0.211. The van der Waals surface area contributed by atoms with Crippen LogP contribution in [0, 0.1) is 0 Å². The Kier molecular flexibility index (Phi) is 5.85. The van der Waals surface area contributed by atoms with Crippen LogP contribution in [0.5, 0.6) is 0 Å². The number of carboxylic acids is 1. The van der Waals surface area contributed by atoms with E-state index in [0.29, 0.717) is 4.88 Å². The summed E-state index contributed by atoms with van der Waals surface area (Å²) in [4.78, 5) is 13.3. The van der Waals surface area contributed by atoms with Crippen molar-refractivity contribution in [3.63, 3.8) is 0 Å². The minimum absolute atomic E-state index is 0.363. The lowest BCUT2D eigenvalue weighted by Gasteiger charge is -2.06. The van der Waals surface area contributed by atoms with E-state index in [0.717, 1.165) is 27.3 Å². The summed E-state index contributed by atoms with van der Waals surface area (Å²) in [5.74, 6) is -0.876. The average molecular weight is 345 g/mol. The molecule has 1 aromatic heterocycles. The molecule has 1 heterocycles. The van der Waals surface area contributed by atoms with Gasteiger partial charge in [-0.15, -0.1) is 24.0 Å². The van der Waals surface area contributed by atoms with Crippen LogP contribution in [0.25, 0.3) is 11.6 Å². The third-order valence-electron chi connectivity index (χ3n) is 3.55. The lowest BCUT2D eigenvalue weighted by molar-refractivity contribution is 0.0702. The molecule has 0 aliphatic heterocycles. The molecular weight excluding hydrogens is 324 g/mol. The molecular formula is C19H20O2S2. The molecule has 0 bridgehead atoms. The number of allylic oxidation sites excluding steroid dienone is 3. The number of hydrogen-bond donors (Lipinski definition) is 2. The smallest absolute Gasteiger partial charge is 0.345 e. The van der Waals surface area contributed by atoms with Gasteiger partial charge in [-0.1, -0.05) is 29.8 Å². The van der Waals surface area contributed by atoms with Gasteiger partial charge in [-0.05, 0) is 60.6 Å². The van der Waals surface area contributed by atoms with Gasteiger partial charge in [0.15, 0.2) is 0 Å². The van der Waals surface area contributed by atoms with E-state index in [9.17, 15) is 4.79 Å². The summed E-state index contributed by atoms with van der Waals surface area (Å²) in [6.45, 7) is 6.17. The van der Waals surface area contributed by atoms with Crippen LogP contribution in [0.4, 0.5) is 0 Å². The topological polar surface area (TPSA) is 37.3 Å². The number of rotatable bonds is 5. The summed E-state index contributed by atoms with van der Waals surface area (Å²) in [6, 6.07) is 11.9. The Labute approximate surface area is 146 Å². The molecule has 0 unspecified atom stereocenters. The SMILES string of the molecule is CC(=Cc1ccc(C(=O)O)s1)c1ccc(CC(S)=C(C)C)cc1. The lowest BCUT2D eigenvalue weighted by atomic mass is 10.0. The van der Waals surface area contributed by atoms with Crippen molar-refractivity contribution < 1.29 is 9.90 Å².